The lowest BCUT2D eigenvalue weighted by atomic mass is 9.96. The molecule has 7 nitrogen and oxygen atoms in total. The first kappa shape index (κ1) is 18.7. The first-order chi connectivity index (χ1) is 12.3. The van der Waals surface area contributed by atoms with E-state index in [1.165, 1.54) is 0 Å². The molecule has 3 rings (SSSR count). The summed E-state index contributed by atoms with van der Waals surface area (Å²) in [6.07, 6.45) is 0.501. The van der Waals surface area contributed by atoms with Crippen molar-refractivity contribution in [1.82, 2.24) is 15.8 Å². The molecule has 0 aromatic heterocycles. The molecule has 0 spiro atoms. The fourth-order valence-corrected chi connectivity index (χ4v) is 3.85. The molecule has 0 bridgehead atoms. The number of amides is 1. The molecule has 2 N–H and O–H groups in total. The lowest BCUT2D eigenvalue weighted by Crippen LogP contribution is -2.62. The van der Waals surface area contributed by atoms with E-state index >= 15 is 0 Å². The Balaban J connectivity index is 1.71. The van der Waals surface area contributed by atoms with Gasteiger partial charge in [-0.2, -0.15) is 0 Å². The van der Waals surface area contributed by atoms with Crippen LogP contribution in [0.1, 0.15) is 27.2 Å². The summed E-state index contributed by atoms with van der Waals surface area (Å²) in [7, 11) is 1.68. The quantitative estimate of drug-likeness (QED) is 0.833. The summed E-state index contributed by atoms with van der Waals surface area (Å²) in [6, 6.07) is 7.34. The summed E-state index contributed by atoms with van der Waals surface area (Å²) in [5.41, 5.74) is 6.72. The average molecular weight is 360 g/mol. The van der Waals surface area contributed by atoms with Gasteiger partial charge in [0.15, 0.2) is 0 Å². The van der Waals surface area contributed by atoms with Gasteiger partial charge in [-0.1, -0.05) is 12.1 Å². The van der Waals surface area contributed by atoms with E-state index in [1.54, 1.807) is 14.0 Å². The smallest absolute Gasteiger partial charge is 0.241 e. The van der Waals surface area contributed by atoms with Gasteiger partial charge in [-0.15, -0.1) is 0 Å². The van der Waals surface area contributed by atoms with Crippen molar-refractivity contribution in [1.29, 1.82) is 0 Å². The Labute approximate surface area is 154 Å². The number of hydrazine groups is 1. The minimum atomic E-state index is -0.350. The molecule has 0 aliphatic carbocycles. The summed E-state index contributed by atoms with van der Waals surface area (Å²) in [4.78, 5) is 28.6. The number of ether oxygens (including phenoxy) is 1. The molecule has 1 aromatic rings. The van der Waals surface area contributed by atoms with Crippen LogP contribution in [0.25, 0.3) is 0 Å². The molecular weight excluding hydrogens is 332 g/mol. The predicted molar refractivity (Wildman–Crippen MR) is 100 cm³/mol. The van der Waals surface area contributed by atoms with Crippen LogP contribution in [0.4, 0.5) is 5.69 Å². The number of piperazine rings is 1. The zero-order valence-electron chi connectivity index (χ0n) is 15.9. The molecule has 7 heteroatoms. The van der Waals surface area contributed by atoms with Gasteiger partial charge in [-0.3, -0.25) is 9.59 Å². The van der Waals surface area contributed by atoms with Gasteiger partial charge in [0.25, 0.3) is 0 Å². The Hall–Kier alpha value is -2.12. The number of hydrogen-bond donors (Lipinski definition) is 2. The van der Waals surface area contributed by atoms with Crippen LogP contribution in [0.3, 0.4) is 0 Å². The van der Waals surface area contributed by atoms with Gasteiger partial charge >= 0.3 is 0 Å². The maximum Gasteiger partial charge on any atom is 0.241 e. The van der Waals surface area contributed by atoms with Crippen LogP contribution in [-0.4, -0.2) is 61.0 Å². The summed E-state index contributed by atoms with van der Waals surface area (Å²) < 4.78 is 5.51. The Bertz CT molecular complexity index is 691. The van der Waals surface area contributed by atoms with Gasteiger partial charge in [0.2, 0.25) is 5.91 Å². The highest BCUT2D eigenvalue weighted by molar-refractivity contribution is 5.87. The highest BCUT2D eigenvalue weighted by Gasteiger charge is 2.40. The predicted octanol–water partition coefficient (Wildman–Crippen LogP) is 0.947. The molecule has 2 fully saturated rings. The second kappa shape index (κ2) is 7.25. The Kier molecular flexibility index (Phi) is 5.20. The van der Waals surface area contributed by atoms with E-state index in [0.717, 1.165) is 18.0 Å². The van der Waals surface area contributed by atoms with E-state index in [0.29, 0.717) is 19.5 Å². The minimum Gasteiger partial charge on any atom is -0.495 e. The molecule has 142 valence electrons. The number of hydrogen-bond acceptors (Lipinski definition) is 6. The summed E-state index contributed by atoms with van der Waals surface area (Å²) in [5, 5.41) is 0. The van der Waals surface area contributed by atoms with Crippen molar-refractivity contribution in [2.24, 2.45) is 0 Å². The van der Waals surface area contributed by atoms with Crippen molar-refractivity contribution >= 4 is 17.4 Å². The molecule has 2 unspecified atom stereocenters. The van der Waals surface area contributed by atoms with Crippen LogP contribution in [0.2, 0.25) is 0 Å². The Morgan fingerprint density at radius 1 is 1.15 bits per heavy atom. The molecule has 0 saturated carbocycles. The van der Waals surface area contributed by atoms with Crippen molar-refractivity contribution in [3.63, 3.8) is 0 Å². The van der Waals surface area contributed by atoms with E-state index in [4.69, 9.17) is 4.74 Å². The van der Waals surface area contributed by atoms with Gasteiger partial charge < -0.3 is 14.5 Å². The molecule has 2 atom stereocenters. The molecular formula is C19H28N4O3. The number of methoxy groups -OCH3 is 1. The van der Waals surface area contributed by atoms with Crippen LogP contribution in [-0.2, 0) is 9.59 Å². The number of anilines is 1. The Morgan fingerprint density at radius 2 is 1.85 bits per heavy atom. The normalized spacial score (nSPS) is 25.2. The van der Waals surface area contributed by atoms with Crippen molar-refractivity contribution in [2.45, 2.75) is 44.8 Å². The van der Waals surface area contributed by atoms with Crippen molar-refractivity contribution in [3.8, 4) is 5.75 Å². The number of para-hydroxylation sites is 2. The van der Waals surface area contributed by atoms with Crippen molar-refractivity contribution in [3.05, 3.63) is 24.3 Å². The third-order valence-corrected chi connectivity index (χ3v) is 5.28. The number of nitrogens with one attached hydrogen (secondary N) is 2. The molecule has 2 aliphatic heterocycles. The largest absolute Gasteiger partial charge is 0.495 e. The first-order valence-electron chi connectivity index (χ1n) is 9.04. The first-order valence-corrected chi connectivity index (χ1v) is 9.04. The van der Waals surface area contributed by atoms with Crippen LogP contribution >= 0.6 is 0 Å². The van der Waals surface area contributed by atoms with Gasteiger partial charge in [0, 0.05) is 19.6 Å². The molecule has 1 amide bonds. The van der Waals surface area contributed by atoms with Crippen LogP contribution < -0.4 is 20.5 Å². The molecule has 2 heterocycles. The summed E-state index contributed by atoms with van der Waals surface area (Å²) in [6.45, 7) is 7.81. The van der Waals surface area contributed by atoms with E-state index in [2.05, 4.69) is 35.7 Å². The third kappa shape index (κ3) is 3.54. The van der Waals surface area contributed by atoms with Gasteiger partial charge in [-0.25, -0.2) is 10.9 Å². The third-order valence-electron chi connectivity index (χ3n) is 5.28. The summed E-state index contributed by atoms with van der Waals surface area (Å²) in [5.74, 6) is 0.939. The van der Waals surface area contributed by atoms with Crippen molar-refractivity contribution < 1.29 is 14.3 Å². The number of rotatable bonds is 4. The fraction of sp³-hybridized carbons (Fsp3) is 0.579. The average Bonchev–Trinajstić information content (AvgIpc) is 3.10. The van der Waals surface area contributed by atoms with Crippen LogP contribution in [0.15, 0.2) is 24.3 Å². The lowest BCUT2D eigenvalue weighted by molar-refractivity contribution is -0.134. The zero-order valence-corrected chi connectivity index (χ0v) is 15.9. The fourth-order valence-electron chi connectivity index (χ4n) is 3.85. The second-order valence-electron chi connectivity index (χ2n) is 7.64. The van der Waals surface area contributed by atoms with Gasteiger partial charge in [0.05, 0.1) is 24.4 Å². The van der Waals surface area contributed by atoms with Crippen LogP contribution in [0.5, 0.6) is 5.75 Å². The molecule has 1 aromatic carbocycles. The number of benzene rings is 1. The van der Waals surface area contributed by atoms with E-state index < -0.39 is 0 Å². The minimum absolute atomic E-state index is 0.0500. The van der Waals surface area contributed by atoms with E-state index in [-0.39, 0.29) is 29.3 Å². The van der Waals surface area contributed by atoms with Crippen molar-refractivity contribution in [2.75, 3.05) is 31.6 Å². The molecule has 26 heavy (non-hydrogen) atoms. The maximum absolute atomic E-state index is 12.9. The molecule has 0 radical (unpaired) electrons. The summed E-state index contributed by atoms with van der Waals surface area (Å²) >= 11 is 0. The van der Waals surface area contributed by atoms with E-state index in [1.807, 2.05) is 23.1 Å². The number of nitrogens with zero attached hydrogens (tertiary/aromatic N) is 2. The number of Topliss-reactive ketones (excluding diaryl/α,β-unsaturated/α-hetero) is 1. The number of carbonyl (C=O) groups excluding carboxylic acids is 2. The molecule has 2 saturated heterocycles. The van der Waals surface area contributed by atoms with E-state index in [9.17, 15) is 9.59 Å². The van der Waals surface area contributed by atoms with Gasteiger partial charge in [0.1, 0.15) is 17.6 Å². The zero-order chi connectivity index (χ0) is 18.9. The topological polar surface area (TPSA) is 73.9 Å². The highest BCUT2D eigenvalue weighted by atomic mass is 16.5. The standard InChI is InChI=1S/C19H28N4O3/c1-13(24)14-11-15(21-20-14)18(25)22-9-10-23(19(2,3)12-22)16-7-5-6-8-17(16)26-4/h5-8,14-15,20-21H,9-12H2,1-4H3. The highest BCUT2D eigenvalue weighted by Crippen LogP contribution is 2.35. The van der Waals surface area contributed by atoms with Gasteiger partial charge in [-0.05, 0) is 39.3 Å². The number of carbonyl (C=O) groups is 2. The Morgan fingerprint density at radius 3 is 2.46 bits per heavy atom. The second-order valence-corrected chi connectivity index (χ2v) is 7.64. The monoisotopic (exact) mass is 360 g/mol. The lowest BCUT2D eigenvalue weighted by Gasteiger charge is -2.49. The SMILES string of the molecule is COc1ccccc1N1CCN(C(=O)C2CC(C(C)=O)NN2)CC1(C)C. The molecule has 2 aliphatic rings. The maximum atomic E-state index is 12.9. The number of ketones is 1. The van der Waals surface area contributed by atoms with Crippen LogP contribution in [0, 0.1) is 0 Å².